The van der Waals surface area contributed by atoms with Crippen LogP contribution in [0.15, 0.2) is 54.9 Å². The van der Waals surface area contributed by atoms with Crippen molar-refractivity contribution in [2.24, 2.45) is 0 Å². The minimum Gasteiger partial charge on any atom is -0.478 e. The van der Waals surface area contributed by atoms with Gasteiger partial charge in [0.15, 0.2) is 0 Å². The third-order valence-electron chi connectivity index (χ3n) is 2.72. The van der Waals surface area contributed by atoms with E-state index in [0.29, 0.717) is 11.6 Å². The van der Waals surface area contributed by atoms with Gasteiger partial charge in [0.1, 0.15) is 17.0 Å². The number of rotatable bonds is 3. The molecule has 0 bridgehead atoms. The Kier molecular flexibility index (Phi) is 2.64. The minimum atomic E-state index is -1.02. The minimum absolute atomic E-state index is 0.125. The summed E-state index contributed by atoms with van der Waals surface area (Å²) >= 11 is 0. The van der Waals surface area contributed by atoms with Gasteiger partial charge in [0, 0.05) is 12.4 Å². The summed E-state index contributed by atoms with van der Waals surface area (Å²) in [6, 6.07) is 11.9. The molecule has 0 amide bonds. The van der Waals surface area contributed by atoms with Crippen molar-refractivity contribution in [1.82, 2.24) is 9.38 Å². The number of pyridine rings is 1. The number of carbonyl (C=O) groups is 1. The summed E-state index contributed by atoms with van der Waals surface area (Å²) in [7, 11) is 0. The first kappa shape index (κ1) is 11.3. The Labute approximate surface area is 108 Å². The number of benzene rings is 1. The molecule has 1 N–H and O–H groups in total. The smallest absolute Gasteiger partial charge is 0.339 e. The maximum atomic E-state index is 11.1. The fourth-order valence-electron chi connectivity index (χ4n) is 1.85. The molecule has 2 aromatic heterocycles. The van der Waals surface area contributed by atoms with Gasteiger partial charge in [0.2, 0.25) is 5.88 Å². The van der Waals surface area contributed by atoms with Crippen LogP contribution in [0.4, 0.5) is 0 Å². The van der Waals surface area contributed by atoms with Gasteiger partial charge < -0.3 is 9.84 Å². The highest BCUT2D eigenvalue weighted by atomic mass is 16.5. The van der Waals surface area contributed by atoms with E-state index in [1.165, 1.54) is 6.07 Å². The summed E-state index contributed by atoms with van der Waals surface area (Å²) in [6.07, 6.45) is 3.42. The number of nitrogens with zero attached hydrogens (tertiary/aromatic N) is 2. The number of carboxylic acids is 1. The molecular weight excluding hydrogens is 244 g/mol. The second-order valence-corrected chi connectivity index (χ2v) is 3.92. The predicted octanol–water partition coefficient (Wildman–Crippen LogP) is 2.82. The Morgan fingerprint density at radius 2 is 2.00 bits per heavy atom. The van der Waals surface area contributed by atoms with Gasteiger partial charge in [0.05, 0.1) is 0 Å². The highest BCUT2D eigenvalue weighted by Gasteiger charge is 2.12. The number of fused-ring (bicyclic) bond motifs is 1. The summed E-state index contributed by atoms with van der Waals surface area (Å²) in [5, 5.41) is 9.12. The first-order chi connectivity index (χ1) is 9.25. The van der Waals surface area contributed by atoms with Crippen LogP contribution < -0.4 is 4.74 Å². The summed E-state index contributed by atoms with van der Waals surface area (Å²) in [5.74, 6) is -0.201. The molecule has 0 aliphatic rings. The Morgan fingerprint density at radius 1 is 1.16 bits per heavy atom. The molecule has 3 rings (SSSR count). The van der Waals surface area contributed by atoms with E-state index < -0.39 is 5.97 Å². The average Bonchev–Trinajstić information content (AvgIpc) is 2.88. The molecule has 0 fully saturated rings. The van der Waals surface area contributed by atoms with Crippen molar-refractivity contribution < 1.29 is 14.6 Å². The van der Waals surface area contributed by atoms with Crippen LogP contribution in [0.3, 0.4) is 0 Å². The summed E-state index contributed by atoms with van der Waals surface area (Å²) < 4.78 is 7.43. The van der Waals surface area contributed by atoms with E-state index in [2.05, 4.69) is 4.98 Å². The van der Waals surface area contributed by atoms with Crippen LogP contribution in [0.2, 0.25) is 0 Å². The number of aromatic carboxylic acids is 1. The second kappa shape index (κ2) is 4.45. The maximum absolute atomic E-state index is 11.1. The number of hydrogen-bond acceptors (Lipinski definition) is 3. The quantitative estimate of drug-likeness (QED) is 0.780. The van der Waals surface area contributed by atoms with Crippen molar-refractivity contribution in [2.45, 2.75) is 0 Å². The highest BCUT2D eigenvalue weighted by molar-refractivity contribution is 5.90. The zero-order valence-electron chi connectivity index (χ0n) is 9.85. The molecule has 0 aliphatic carbocycles. The molecular formula is C14H10N2O3. The van der Waals surface area contributed by atoms with Crippen LogP contribution in [0.5, 0.6) is 11.6 Å². The van der Waals surface area contributed by atoms with E-state index in [9.17, 15) is 4.79 Å². The molecule has 0 aliphatic heterocycles. The van der Waals surface area contributed by atoms with E-state index in [1.54, 1.807) is 47.1 Å². The molecule has 3 aromatic rings. The van der Waals surface area contributed by atoms with Crippen molar-refractivity contribution in [1.29, 1.82) is 0 Å². The van der Waals surface area contributed by atoms with Crippen molar-refractivity contribution in [2.75, 3.05) is 0 Å². The molecule has 94 valence electrons. The van der Waals surface area contributed by atoms with Gasteiger partial charge in [0.25, 0.3) is 0 Å². The molecule has 0 radical (unpaired) electrons. The zero-order valence-corrected chi connectivity index (χ0v) is 9.85. The van der Waals surface area contributed by atoms with Crippen molar-refractivity contribution in [3.63, 3.8) is 0 Å². The van der Waals surface area contributed by atoms with Crippen LogP contribution in [-0.2, 0) is 0 Å². The van der Waals surface area contributed by atoms with Gasteiger partial charge in [-0.2, -0.15) is 0 Å². The Bertz CT molecular complexity index is 749. The SMILES string of the molecule is O=C(O)c1ccccc1Oc1cccc2nccn12. The van der Waals surface area contributed by atoms with Crippen LogP contribution >= 0.6 is 0 Å². The summed E-state index contributed by atoms with van der Waals surface area (Å²) in [6.45, 7) is 0. The number of para-hydroxylation sites is 1. The van der Waals surface area contributed by atoms with Crippen LogP contribution in [0.1, 0.15) is 10.4 Å². The van der Waals surface area contributed by atoms with Crippen molar-refractivity contribution in [3.05, 3.63) is 60.4 Å². The van der Waals surface area contributed by atoms with Gasteiger partial charge in [-0.05, 0) is 24.3 Å². The Hall–Kier alpha value is -2.82. The van der Waals surface area contributed by atoms with Crippen LogP contribution in [-0.4, -0.2) is 20.5 Å². The highest BCUT2D eigenvalue weighted by Crippen LogP contribution is 2.25. The molecule has 19 heavy (non-hydrogen) atoms. The van der Waals surface area contributed by atoms with Crippen molar-refractivity contribution >= 4 is 11.6 Å². The van der Waals surface area contributed by atoms with Crippen LogP contribution in [0.25, 0.3) is 5.65 Å². The largest absolute Gasteiger partial charge is 0.478 e. The molecule has 5 nitrogen and oxygen atoms in total. The fourth-order valence-corrected chi connectivity index (χ4v) is 1.85. The van der Waals surface area contributed by atoms with Gasteiger partial charge >= 0.3 is 5.97 Å². The first-order valence-corrected chi connectivity index (χ1v) is 5.68. The lowest BCUT2D eigenvalue weighted by Crippen LogP contribution is -2.01. The average molecular weight is 254 g/mol. The van der Waals surface area contributed by atoms with Crippen LogP contribution in [0, 0.1) is 0 Å². The van der Waals surface area contributed by atoms with E-state index >= 15 is 0 Å². The molecule has 0 saturated carbocycles. The number of ether oxygens (including phenoxy) is 1. The lowest BCUT2D eigenvalue weighted by molar-refractivity contribution is 0.0694. The predicted molar refractivity (Wildman–Crippen MR) is 68.7 cm³/mol. The lowest BCUT2D eigenvalue weighted by atomic mass is 10.2. The normalized spacial score (nSPS) is 10.5. The van der Waals surface area contributed by atoms with E-state index in [4.69, 9.17) is 9.84 Å². The van der Waals surface area contributed by atoms with Gasteiger partial charge in [-0.15, -0.1) is 0 Å². The molecule has 0 saturated heterocycles. The Balaban J connectivity index is 2.06. The molecule has 5 heteroatoms. The molecule has 0 atom stereocenters. The van der Waals surface area contributed by atoms with E-state index in [-0.39, 0.29) is 5.56 Å². The molecule has 2 heterocycles. The molecule has 1 aromatic carbocycles. The summed E-state index contributed by atoms with van der Waals surface area (Å²) in [4.78, 5) is 15.3. The second-order valence-electron chi connectivity index (χ2n) is 3.92. The topological polar surface area (TPSA) is 63.8 Å². The Morgan fingerprint density at radius 3 is 2.84 bits per heavy atom. The standard InChI is InChI=1S/C14H10N2O3/c17-14(18)10-4-1-2-5-11(10)19-13-7-3-6-12-15-8-9-16(12)13/h1-9H,(H,17,18). The number of carboxylic acid groups (broad SMARTS) is 1. The first-order valence-electron chi connectivity index (χ1n) is 5.68. The van der Waals surface area contributed by atoms with Crippen molar-refractivity contribution in [3.8, 4) is 11.6 Å². The summed E-state index contributed by atoms with van der Waals surface area (Å²) in [5.41, 5.74) is 0.866. The molecule has 0 spiro atoms. The lowest BCUT2D eigenvalue weighted by Gasteiger charge is -2.09. The van der Waals surface area contributed by atoms with E-state index in [0.717, 1.165) is 5.65 Å². The number of imidazole rings is 1. The molecule has 0 unspecified atom stereocenters. The van der Waals surface area contributed by atoms with E-state index in [1.807, 2.05) is 6.07 Å². The van der Waals surface area contributed by atoms with Gasteiger partial charge in [-0.25, -0.2) is 9.78 Å². The number of aromatic nitrogens is 2. The zero-order chi connectivity index (χ0) is 13.2. The monoisotopic (exact) mass is 254 g/mol. The maximum Gasteiger partial charge on any atom is 0.339 e. The van der Waals surface area contributed by atoms with Gasteiger partial charge in [-0.1, -0.05) is 18.2 Å². The fraction of sp³-hybridized carbons (Fsp3) is 0. The third-order valence-corrected chi connectivity index (χ3v) is 2.72. The third kappa shape index (κ3) is 2.01. The number of hydrogen-bond donors (Lipinski definition) is 1. The van der Waals surface area contributed by atoms with Gasteiger partial charge in [-0.3, -0.25) is 4.40 Å².